The van der Waals surface area contributed by atoms with Crippen molar-refractivity contribution in [2.24, 2.45) is 11.7 Å². The van der Waals surface area contributed by atoms with Crippen LogP contribution >= 0.6 is 0 Å². The average Bonchev–Trinajstić information content (AvgIpc) is 2.86. The molecule has 1 aliphatic carbocycles. The molecule has 0 amide bonds. The van der Waals surface area contributed by atoms with Crippen LogP contribution in [0.2, 0.25) is 0 Å². The van der Waals surface area contributed by atoms with Crippen LogP contribution in [-0.2, 0) is 11.8 Å². The van der Waals surface area contributed by atoms with Gasteiger partial charge in [0.15, 0.2) is 5.82 Å². The van der Waals surface area contributed by atoms with Gasteiger partial charge in [0.25, 0.3) is 0 Å². The van der Waals surface area contributed by atoms with E-state index < -0.39 is 12.6 Å². The van der Waals surface area contributed by atoms with E-state index in [-0.39, 0.29) is 17.7 Å². The zero-order chi connectivity index (χ0) is 14.8. The zero-order valence-electron chi connectivity index (χ0n) is 11.5. The fourth-order valence-corrected chi connectivity index (χ4v) is 2.64. The quantitative estimate of drug-likeness (QED) is 0.926. The van der Waals surface area contributed by atoms with Gasteiger partial charge in [-0.25, -0.2) is 0 Å². The number of aryl methyl sites for hydroxylation is 1. The van der Waals surface area contributed by atoms with Crippen LogP contribution in [-0.4, -0.2) is 22.9 Å². The molecule has 1 heterocycles. The number of hydrogen-bond donors (Lipinski definition) is 1. The highest BCUT2D eigenvalue weighted by atomic mass is 19.4. The Morgan fingerprint density at radius 1 is 1.35 bits per heavy atom. The Labute approximate surface area is 115 Å². The van der Waals surface area contributed by atoms with Gasteiger partial charge in [-0.2, -0.15) is 18.2 Å². The Bertz CT molecular complexity index is 436. The molecule has 1 aliphatic rings. The molecule has 0 bridgehead atoms. The summed E-state index contributed by atoms with van der Waals surface area (Å²) in [6.07, 6.45) is -1.62. The monoisotopic (exact) mass is 291 g/mol. The first-order valence-electron chi connectivity index (χ1n) is 6.94. The molecule has 0 spiro atoms. The van der Waals surface area contributed by atoms with Crippen molar-refractivity contribution < 1.29 is 17.7 Å². The van der Waals surface area contributed by atoms with Crippen LogP contribution in [0.15, 0.2) is 4.52 Å². The fourth-order valence-electron chi connectivity index (χ4n) is 2.64. The molecular weight excluding hydrogens is 271 g/mol. The van der Waals surface area contributed by atoms with E-state index in [1.165, 1.54) is 0 Å². The maximum atomic E-state index is 12.2. The molecule has 1 aromatic rings. The van der Waals surface area contributed by atoms with Gasteiger partial charge in [-0.3, -0.25) is 0 Å². The summed E-state index contributed by atoms with van der Waals surface area (Å²) in [5.74, 6) is 1.16. The first-order valence-corrected chi connectivity index (χ1v) is 6.94. The average molecular weight is 291 g/mol. The van der Waals surface area contributed by atoms with Gasteiger partial charge < -0.3 is 10.3 Å². The lowest BCUT2D eigenvalue weighted by atomic mass is 9.71. The number of halogens is 3. The number of aromatic nitrogens is 2. The Balaban J connectivity index is 2.06. The molecule has 0 radical (unpaired) electrons. The molecule has 0 aromatic carbocycles. The van der Waals surface area contributed by atoms with E-state index in [4.69, 9.17) is 10.3 Å². The van der Waals surface area contributed by atoms with Crippen molar-refractivity contribution in [3.63, 3.8) is 0 Å². The Morgan fingerprint density at radius 2 is 2.00 bits per heavy atom. The van der Waals surface area contributed by atoms with Crippen molar-refractivity contribution in [2.75, 3.05) is 6.54 Å². The molecule has 0 saturated heterocycles. The summed E-state index contributed by atoms with van der Waals surface area (Å²) >= 11 is 0. The lowest BCUT2D eigenvalue weighted by Gasteiger charge is -2.35. The zero-order valence-corrected chi connectivity index (χ0v) is 11.5. The van der Waals surface area contributed by atoms with Crippen LogP contribution < -0.4 is 5.73 Å². The standard InChI is InChI=1S/C13H20F3N3O/c1-9-2-5-12(8-17,6-3-9)11-18-10(19-20-11)4-7-13(14,15)16/h9H,2-8,17H2,1H3. The largest absolute Gasteiger partial charge is 0.389 e. The van der Waals surface area contributed by atoms with Gasteiger partial charge in [-0.15, -0.1) is 0 Å². The summed E-state index contributed by atoms with van der Waals surface area (Å²) < 4.78 is 41.7. The van der Waals surface area contributed by atoms with Gasteiger partial charge in [0, 0.05) is 13.0 Å². The van der Waals surface area contributed by atoms with Crippen molar-refractivity contribution >= 4 is 0 Å². The third kappa shape index (κ3) is 3.50. The molecule has 114 valence electrons. The van der Waals surface area contributed by atoms with Crippen LogP contribution in [0.1, 0.15) is 50.7 Å². The van der Waals surface area contributed by atoms with Crippen LogP contribution in [0, 0.1) is 5.92 Å². The minimum absolute atomic E-state index is 0.115. The third-order valence-electron chi connectivity index (χ3n) is 4.18. The van der Waals surface area contributed by atoms with E-state index in [0.29, 0.717) is 18.4 Å². The van der Waals surface area contributed by atoms with Crippen molar-refractivity contribution in [3.8, 4) is 0 Å². The minimum atomic E-state index is -4.20. The van der Waals surface area contributed by atoms with Crippen LogP contribution in [0.4, 0.5) is 13.2 Å². The highest BCUT2D eigenvalue weighted by Gasteiger charge is 2.39. The predicted molar refractivity (Wildman–Crippen MR) is 67.0 cm³/mol. The highest BCUT2D eigenvalue weighted by Crippen LogP contribution is 2.40. The molecule has 2 N–H and O–H groups in total. The highest BCUT2D eigenvalue weighted by molar-refractivity contribution is 5.08. The maximum Gasteiger partial charge on any atom is 0.389 e. The SMILES string of the molecule is CC1CCC(CN)(c2nc(CCC(F)(F)F)no2)CC1. The molecule has 1 saturated carbocycles. The number of nitrogens with zero attached hydrogens (tertiary/aromatic N) is 2. The number of alkyl halides is 3. The molecule has 0 atom stereocenters. The summed E-state index contributed by atoms with van der Waals surface area (Å²) in [7, 11) is 0. The smallest absolute Gasteiger partial charge is 0.339 e. The van der Waals surface area contributed by atoms with Gasteiger partial charge in [-0.05, 0) is 31.6 Å². The molecule has 2 rings (SSSR count). The third-order valence-corrected chi connectivity index (χ3v) is 4.18. The first kappa shape index (κ1) is 15.3. The van der Waals surface area contributed by atoms with Crippen molar-refractivity contribution in [3.05, 3.63) is 11.7 Å². The minimum Gasteiger partial charge on any atom is -0.339 e. The maximum absolute atomic E-state index is 12.2. The van der Waals surface area contributed by atoms with Crippen LogP contribution in [0.3, 0.4) is 0 Å². The second-order valence-electron chi connectivity index (χ2n) is 5.80. The van der Waals surface area contributed by atoms with Crippen molar-refractivity contribution in [1.29, 1.82) is 0 Å². The Hall–Kier alpha value is -1.11. The van der Waals surface area contributed by atoms with Crippen molar-refractivity contribution in [1.82, 2.24) is 10.1 Å². The molecule has 1 aromatic heterocycles. The molecule has 4 nitrogen and oxygen atoms in total. The van der Waals surface area contributed by atoms with Gasteiger partial charge in [0.2, 0.25) is 5.89 Å². The number of hydrogen-bond acceptors (Lipinski definition) is 4. The molecular formula is C13H20F3N3O. The summed E-state index contributed by atoms with van der Waals surface area (Å²) in [5.41, 5.74) is 5.51. The van der Waals surface area contributed by atoms with E-state index in [1.54, 1.807) is 0 Å². The summed E-state index contributed by atoms with van der Waals surface area (Å²) in [6.45, 7) is 2.57. The Kier molecular flexibility index (Phi) is 4.36. The predicted octanol–water partition coefficient (Wildman–Crippen LogP) is 2.97. The van der Waals surface area contributed by atoms with Crippen LogP contribution in [0.5, 0.6) is 0 Å². The van der Waals surface area contributed by atoms with E-state index in [2.05, 4.69) is 17.1 Å². The number of nitrogens with two attached hydrogens (primary N) is 1. The Morgan fingerprint density at radius 3 is 2.55 bits per heavy atom. The molecule has 1 fully saturated rings. The molecule has 0 aliphatic heterocycles. The van der Waals surface area contributed by atoms with Gasteiger partial charge in [0.1, 0.15) is 0 Å². The lowest BCUT2D eigenvalue weighted by Crippen LogP contribution is -2.39. The summed E-state index contributed by atoms with van der Waals surface area (Å²) in [4.78, 5) is 4.15. The van der Waals surface area contributed by atoms with Gasteiger partial charge in [-0.1, -0.05) is 12.1 Å². The van der Waals surface area contributed by atoms with Gasteiger partial charge in [0.05, 0.1) is 11.8 Å². The second kappa shape index (κ2) is 5.71. The van der Waals surface area contributed by atoms with Crippen molar-refractivity contribution in [2.45, 2.75) is 57.0 Å². The van der Waals surface area contributed by atoms with Gasteiger partial charge >= 0.3 is 6.18 Å². The van der Waals surface area contributed by atoms with E-state index in [1.807, 2.05) is 0 Å². The van der Waals surface area contributed by atoms with E-state index in [9.17, 15) is 13.2 Å². The topological polar surface area (TPSA) is 64.9 Å². The normalized spacial score (nSPS) is 27.8. The molecule has 20 heavy (non-hydrogen) atoms. The van der Waals surface area contributed by atoms with E-state index >= 15 is 0 Å². The fraction of sp³-hybridized carbons (Fsp3) is 0.846. The summed E-state index contributed by atoms with van der Waals surface area (Å²) in [6, 6.07) is 0. The van der Waals surface area contributed by atoms with E-state index in [0.717, 1.165) is 25.7 Å². The summed E-state index contributed by atoms with van der Waals surface area (Å²) in [5, 5.41) is 3.66. The molecule has 0 unspecified atom stereocenters. The number of rotatable bonds is 4. The second-order valence-corrected chi connectivity index (χ2v) is 5.80. The lowest BCUT2D eigenvalue weighted by molar-refractivity contribution is -0.134. The first-order chi connectivity index (χ1) is 9.35. The van der Waals surface area contributed by atoms with Crippen LogP contribution in [0.25, 0.3) is 0 Å². The molecule has 7 heteroatoms.